The molecule has 3 rings (SSSR count). The van der Waals surface area contributed by atoms with Crippen molar-refractivity contribution in [2.75, 3.05) is 26.2 Å². The van der Waals surface area contributed by atoms with Crippen molar-refractivity contribution < 1.29 is 13.6 Å². The molecular formula is C20H22F2N2O. The predicted molar refractivity (Wildman–Crippen MR) is 93.4 cm³/mol. The van der Waals surface area contributed by atoms with Crippen LogP contribution < -0.4 is 0 Å². The smallest absolute Gasteiger partial charge is 0.253 e. The Labute approximate surface area is 146 Å². The van der Waals surface area contributed by atoms with Gasteiger partial charge in [0.25, 0.3) is 5.91 Å². The minimum atomic E-state index is -0.826. The maximum atomic E-state index is 13.3. The molecule has 0 spiro atoms. The van der Waals surface area contributed by atoms with Crippen LogP contribution in [0.3, 0.4) is 0 Å². The Kier molecular flexibility index (Phi) is 5.43. The minimum absolute atomic E-state index is 0.0510. The molecule has 0 aromatic heterocycles. The van der Waals surface area contributed by atoms with Crippen LogP contribution in [-0.4, -0.2) is 41.9 Å². The van der Waals surface area contributed by atoms with E-state index in [1.807, 2.05) is 29.2 Å². The van der Waals surface area contributed by atoms with Gasteiger partial charge in [-0.3, -0.25) is 9.69 Å². The van der Waals surface area contributed by atoms with Crippen molar-refractivity contribution in [1.29, 1.82) is 0 Å². The molecule has 0 aliphatic carbocycles. The van der Waals surface area contributed by atoms with Crippen molar-refractivity contribution in [2.45, 2.75) is 19.9 Å². The van der Waals surface area contributed by atoms with Crippen molar-refractivity contribution in [1.82, 2.24) is 9.80 Å². The van der Waals surface area contributed by atoms with Crippen LogP contribution in [0, 0.1) is 11.6 Å². The molecule has 0 unspecified atom stereocenters. The number of carbonyl (C=O) groups excluding carboxylic acids is 1. The summed E-state index contributed by atoms with van der Waals surface area (Å²) in [6.45, 7) is 5.36. The Morgan fingerprint density at radius 3 is 2.16 bits per heavy atom. The lowest BCUT2D eigenvalue weighted by atomic mass is 10.1. The quantitative estimate of drug-likeness (QED) is 0.848. The van der Waals surface area contributed by atoms with E-state index in [1.54, 1.807) is 6.07 Å². The van der Waals surface area contributed by atoms with E-state index in [4.69, 9.17) is 0 Å². The molecule has 132 valence electrons. The summed E-state index contributed by atoms with van der Waals surface area (Å²) < 4.78 is 26.3. The zero-order valence-corrected chi connectivity index (χ0v) is 14.3. The fourth-order valence-electron chi connectivity index (χ4n) is 3.07. The van der Waals surface area contributed by atoms with E-state index in [1.165, 1.54) is 11.6 Å². The maximum absolute atomic E-state index is 13.3. The molecule has 1 saturated heterocycles. The van der Waals surface area contributed by atoms with Crippen LogP contribution in [0.5, 0.6) is 0 Å². The Balaban J connectivity index is 1.55. The molecule has 0 radical (unpaired) electrons. The molecule has 5 heteroatoms. The molecule has 1 amide bonds. The number of hydrogen-bond donors (Lipinski definition) is 0. The van der Waals surface area contributed by atoms with E-state index in [-0.39, 0.29) is 5.91 Å². The van der Waals surface area contributed by atoms with Crippen LogP contribution in [0.1, 0.15) is 28.4 Å². The van der Waals surface area contributed by atoms with Gasteiger partial charge in [-0.25, -0.2) is 8.78 Å². The van der Waals surface area contributed by atoms with Crippen molar-refractivity contribution in [2.24, 2.45) is 0 Å². The van der Waals surface area contributed by atoms with Crippen LogP contribution in [-0.2, 0) is 13.0 Å². The monoisotopic (exact) mass is 344 g/mol. The molecule has 2 aromatic carbocycles. The number of aryl methyl sites for hydroxylation is 1. The zero-order chi connectivity index (χ0) is 17.8. The second kappa shape index (κ2) is 7.74. The summed E-state index contributed by atoms with van der Waals surface area (Å²) in [4.78, 5) is 16.6. The van der Waals surface area contributed by atoms with E-state index in [0.717, 1.165) is 31.1 Å². The number of amides is 1. The van der Waals surface area contributed by atoms with E-state index in [9.17, 15) is 13.6 Å². The maximum Gasteiger partial charge on any atom is 0.253 e. The Morgan fingerprint density at radius 1 is 0.920 bits per heavy atom. The number of benzene rings is 2. The van der Waals surface area contributed by atoms with Crippen LogP contribution in [0.2, 0.25) is 0 Å². The van der Waals surface area contributed by atoms with Crippen molar-refractivity contribution in [3.63, 3.8) is 0 Å². The molecule has 2 aromatic rings. The molecule has 1 aliphatic heterocycles. The second-order valence-electron chi connectivity index (χ2n) is 6.37. The van der Waals surface area contributed by atoms with Gasteiger partial charge in [0.05, 0.1) is 0 Å². The van der Waals surface area contributed by atoms with Crippen LogP contribution in [0.15, 0.2) is 42.5 Å². The van der Waals surface area contributed by atoms with Gasteiger partial charge in [-0.2, -0.15) is 0 Å². The number of piperazine rings is 1. The summed E-state index contributed by atoms with van der Waals surface area (Å²) in [5, 5.41) is 0. The average molecular weight is 344 g/mol. The topological polar surface area (TPSA) is 23.6 Å². The largest absolute Gasteiger partial charge is 0.336 e. The lowest BCUT2D eigenvalue weighted by molar-refractivity contribution is 0.0628. The highest BCUT2D eigenvalue weighted by Crippen LogP contribution is 2.14. The first-order valence-corrected chi connectivity index (χ1v) is 8.61. The molecule has 3 nitrogen and oxygen atoms in total. The summed E-state index contributed by atoms with van der Waals surface area (Å²) in [6.07, 6.45) is 0.955. The molecule has 0 N–H and O–H groups in total. The normalized spacial score (nSPS) is 15.4. The van der Waals surface area contributed by atoms with Crippen molar-refractivity contribution in [3.8, 4) is 0 Å². The fraction of sp³-hybridized carbons (Fsp3) is 0.350. The molecule has 25 heavy (non-hydrogen) atoms. The minimum Gasteiger partial charge on any atom is -0.336 e. The van der Waals surface area contributed by atoms with E-state index in [0.29, 0.717) is 25.2 Å². The molecule has 0 saturated carbocycles. The Morgan fingerprint density at radius 2 is 1.56 bits per heavy atom. The van der Waals surface area contributed by atoms with Crippen LogP contribution in [0.4, 0.5) is 8.78 Å². The van der Waals surface area contributed by atoms with Gasteiger partial charge in [-0.1, -0.05) is 25.1 Å². The third-order valence-corrected chi connectivity index (χ3v) is 4.66. The standard InChI is InChI=1S/C20H22F2N2O/c1-2-15-3-6-17(7-4-15)20(25)24-11-9-23(10-12-24)14-16-5-8-18(21)19(22)13-16/h3-8,13H,2,9-12,14H2,1H3. The molecule has 1 aliphatic rings. The first-order valence-electron chi connectivity index (χ1n) is 8.61. The SMILES string of the molecule is CCc1ccc(C(=O)N2CCN(Cc3ccc(F)c(F)c3)CC2)cc1. The van der Waals surface area contributed by atoms with Crippen molar-refractivity contribution in [3.05, 3.63) is 70.8 Å². The van der Waals surface area contributed by atoms with Gasteiger partial charge in [-0.05, 0) is 41.8 Å². The molecule has 1 heterocycles. The first kappa shape index (κ1) is 17.5. The van der Waals surface area contributed by atoms with E-state index in [2.05, 4.69) is 11.8 Å². The van der Waals surface area contributed by atoms with Gasteiger partial charge in [0.1, 0.15) is 0 Å². The highest BCUT2D eigenvalue weighted by atomic mass is 19.2. The van der Waals surface area contributed by atoms with Gasteiger partial charge >= 0.3 is 0 Å². The first-order chi connectivity index (χ1) is 12.1. The van der Waals surface area contributed by atoms with Crippen LogP contribution >= 0.6 is 0 Å². The number of rotatable bonds is 4. The fourth-order valence-corrected chi connectivity index (χ4v) is 3.07. The summed E-state index contributed by atoms with van der Waals surface area (Å²) in [5.74, 6) is -1.59. The third kappa shape index (κ3) is 4.23. The predicted octanol–water partition coefficient (Wildman–Crippen LogP) is 3.49. The number of nitrogens with zero attached hydrogens (tertiary/aromatic N) is 2. The number of halogens is 2. The molecule has 1 fully saturated rings. The lowest BCUT2D eigenvalue weighted by Gasteiger charge is -2.34. The Bertz CT molecular complexity index is 738. The summed E-state index contributed by atoms with van der Waals surface area (Å²) in [5.41, 5.74) is 2.67. The van der Waals surface area contributed by atoms with Gasteiger partial charge in [0.2, 0.25) is 0 Å². The summed E-state index contributed by atoms with van der Waals surface area (Å²) in [6, 6.07) is 11.8. The highest BCUT2D eigenvalue weighted by Gasteiger charge is 2.22. The highest BCUT2D eigenvalue weighted by molar-refractivity contribution is 5.94. The van der Waals surface area contributed by atoms with E-state index < -0.39 is 11.6 Å². The van der Waals surface area contributed by atoms with Gasteiger partial charge in [0.15, 0.2) is 11.6 Å². The van der Waals surface area contributed by atoms with Gasteiger partial charge in [-0.15, -0.1) is 0 Å². The molecule has 0 bridgehead atoms. The number of hydrogen-bond acceptors (Lipinski definition) is 2. The second-order valence-corrected chi connectivity index (χ2v) is 6.37. The van der Waals surface area contributed by atoms with Crippen molar-refractivity contribution >= 4 is 5.91 Å². The third-order valence-electron chi connectivity index (χ3n) is 4.66. The average Bonchev–Trinajstić information content (AvgIpc) is 2.65. The lowest BCUT2D eigenvalue weighted by Crippen LogP contribution is -2.48. The van der Waals surface area contributed by atoms with Crippen LogP contribution in [0.25, 0.3) is 0 Å². The zero-order valence-electron chi connectivity index (χ0n) is 14.3. The Hall–Kier alpha value is -2.27. The molecule has 0 atom stereocenters. The molecular weight excluding hydrogens is 322 g/mol. The summed E-state index contributed by atoms with van der Waals surface area (Å²) >= 11 is 0. The van der Waals surface area contributed by atoms with Gasteiger partial charge < -0.3 is 4.90 Å². The van der Waals surface area contributed by atoms with E-state index >= 15 is 0 Å². The number of carbonyl (C=O) groups is 1. The van der Waals surface area contributed by atoms with Gasteiger partial charge in [0, 0.05) is 38.3 Å². The summed E-state index contributed by atoms with van der Waals surface area (Å²) in [7, 11) is 0.